The van der Waals surface area contributed by atoms with Gasteiger partial charge in [0.25, 0.3) is 0 Å². The largest absolute Gasteiger partial charge is 0.334 e. The number of carbonyl (C=O) groups is 2. The van der Waals surface area contributed by atoms with Crippen molar-refractivity contribution in [3.8, 4) is 10.7 Å². The molecular weight excluding hydrogens is 394 g/mol. The molecule has 0 unspecified atom stereocenters. The van der Waals surface area contributed by atoms with E-state index in [1.807, 2.05) is 47.8 Å². The Bertz CT molecular complexity index is 952. The lowest BCUT2D eigenvalue weighted by molar-refractivity contribution is -0.117. The number of nitrogens with one attached hydrogen (secondary N) is 2. The smallest absolute Gasteiger partial charge is 0.321 e. The minimum atomic E-state index is -0.502. The van der Waals surface area contributed by atoms with E-state index in [4.69, 9.17) is 0 Å². The topological polar surface area (TPSA) is 88.9 Å². The van der Waals surface area contributed by atoms with E-state index < -0.39 is 6.03 Å². The number of thioether (sulfide) groups is 1. The Balaban J connectivity index is 1.31. The summed E-state index contributed by atoms with van der Waals surface area (Å²) in [5.74, 6) is 0.591. The van der Waals surface area contributed by atoms with Crippen molar-refractivity contribution in [3.63, 3.8) is 0 Å². The van der Waals surface area contributed by atoms with Gasteiger partial charge in [-0.15, -0.1) is 21.5 Å². The highest BCUT2D eigenvalue weighted by Gasteiger charge is 2.30. The van der Waals surface area contributed by atoms with Crippen LogP contribution in [0.1, 0.15) is 24.4 Å². The highest BCUT2D eigenvalue weighted by molar-refractivity contribution is 7.99. The van der Waals surface area contributed by atoms with E-state index in [-0.39, 0.29) is 11.7 Å². The molecule has 1 saturated carbocycles. The molecule has 9 heteroatoms. The molecule has 2 heterocycles. The van der Waals surface area contributed by atoms with E-state index in [0.29, 0.717) is 17.7 Å². The van der Waals surface area contributed by atoms with Gasteiger partial charge in [-0.3, -0.25) is 14.7 Å². The Morgan fingerprint density at radius 1 is 1.14 bits per heavy atom. The molecular formula is C19H19N5O2S2. The Labute approximate surface area is 170 Å². The average Bonchev–Trinajstić information content (AvgIpc) is 3.23. The number of imide groups is 1. The first-order valence-corrected chi connectivity index (χ1v) is 10.8. The van der Waals surface area contributed by atoms with Gasteiger partial charge in [-0.2, -0.15) is 0 Å². The Morgan fingerprint density at radius 2 is 1.96 bits per heavy atom. The van der Waals surface area contributed by atoms with Gasteiger partial charge in [-0.05, 0) is 29.9 Å². The highest BCUT2D eigenvalue weighted by atomic mass is 32.2. The van der Waals surface area contributed by atoms with Gasteiger partial charge in [0, 0.05) is 12.6 Å². The summed E-state index contributed by atoms with van der Waals surface area (Å²) in [4.78, 5) is 25.1. The molecule has 2 aromatic heterocycles. The molecule has 0 bridgehead atoms. The molecule has 0 spiro atoms. The van der Waals surface area contributed by atoms with E-state index in [2.05, 4.69) is 25.4 Å². The van der Waals surface area contributed by atoms with Crippen LogP contribution in [0.25, 0.3) is 10.7 Å². The van der Waals surface area contributed by atoms with Gasteiger partial charge in [0.1, 0.15) is 0 Å². The maximum atomic E-state index is 12.1. The number of benzene rings is 1. The fourth-order valence-corrected chi connectivity index (χ4v) is 4.24. The van der Waals surface area contributed by atoms with Crippen molar-refractivity contribution < 1.29 is 9.59 Å². The number of rotatable bonds is 7. The maximum Gasteiger partial charge on any atom is 0.321 e. The summed E-state index contributed by atoms with van der Waals surface area (Å²) >= 11 is 2.92. The van der Waals surface area contributed by atoms with Gasteiger partial charge < -0.3 is 5.32 Å². The van der Waals surface area contributed by atoms with Crippen molar-refractivity contribution in [2.45, 2.75) is 30.6 Å². The number of thiophene rings is 1. The van der Waals surface area contributed by atoms with Crippen molar-refractivity contribution in [3.05, 3.63) is 53.4 Å². The molecule has 0 atom stereocenters. The van der Waals surface area contributed by atoms with Crippen LogP contribution in [0.15, 0.2) is 53.0 Å². The van der Waals surface area contributed by atoms with Crippen LogP contribution in [0, 0.1) is 0 Å². The summed E-state index contributed by atoms with van der Waals surface area (Å²) < 4.78 is 2.11. The van der Waals surface area contributed by atoms with Crippen molar-refractivity contribution >= 4 is 35.0 Å². The molecule has 0 radical (unpaired) electrons. The number of nitrogens with zero attached hydrogens (tertiary/aromatic N) is 3. The SMILES string of the molecule is O=C(CSc1nnc(-c2cccs2)n1C1CC1)NC(=O)NCc1ccccc1. The Morgan fingerprint density at radius 3 is 2.68 bits per heavy atom. The summed E-state index contributed by atoms with van der Waals surface area (Å²) in [6.45, 7) is 0.368. The van der Waals surface area contributed by atoms with Crippen LogP contribution in [0.2, 0.25) is 0 Å². The second-order valence-electron chi connectivity index (χ2n) is 6.39. The van der Waals surface area contributed by atoms with Crippen LogP contribution in [0.5, 0.6) is 0 Å². The second kappa shape index (κ2) is 8.57. The zero-order chi connectivity index (χ0) is 19.3. The van der Waals surface area contributed by atoms with Crippen molar-refractivity contribution in [1.29, 1.82) is 0 Å². The van der Waals surface area contributed by atoms with Gasteiger partial charge in [0.05, 0.1) is 10.6 Å². The van der Waals surface area contributed by atoms with Gasteiger partial charge in [-0.25, -0.2) is 4.79 Å². The number of aromatic nitrogens is 3. The van der Waals surface area contributed by atoms with Crippen molar-refractivity contribution in [2.75, 3.05) is 5.75 Å². The van der Waals surface area contributed by atoms with Crippen LogP contribution < -0.4 is 10.6 Å². The first-order valence-electron chi connectivity index (χ1n) is 8.94. The van der Waals surface area contributed by atoms with Gasteiger partial charge in [-0.1, -0.05) is 48.2 Å². The van der Waals surface area contributed by atoms with Gasteiger partial charge >= 0.3 is 6.03 Å². The maximum absolute atomic E-state index is 12.1. The number of urea groups is 1. The zero-order valence-corrected chi connectivity index (χ0v) is 16.6. The third-order valence-corrected chi connectivity index (χ3v) is 6.01. The predicted molar refractivity (Wildman–Crippen MR) is 109 cm³/mol. The first-order chi connectivity index (χ1) is 13.7. The zero-order valence-electron chi connectivity index (χ0n) is 15.0. The number of amides is 3. The fraction of sp³-hybridized carbons (Fsp3) is 0.263. The molecule has 2 N–H and O–H groups in total. The summed E-state index contributed by atoms with van der Waals surface area (Å²) in [6.07, 6.45) is 2.19. The molecule has 28 heavy (non-hydrogen) atoms. The third kappa shape index (κ3) is 4.60. The summed E-state index contributed by atoms with van der Waals surface area (Å²) in [5.41, 5.74) is 0.970. The van der Waals surface area contributed by atoms with E-state index in [1.54, 1.807) is 11.3 Å². The molecule has 0 aliphatic heterocycles. The second-order valence-corrected chi connectivity index (χ2v) is 8.28. The van der Waals surface area contributed by atoms with Crippen LogP contribution in [0.3, 0.4) is 0 Å². The Hall–Kier alpha value is -2.65. The predicted octanol–water partition coefficient (Wildman–Crippen LogP) is 3.46. The average molecular weight is 414 g/mol. The van der Waals surface area contributed by atoms with E-state index >= 15 is 0 Å². The molecule has 3 aromatic rings. The molecule has 144 valence electrons. The normalized spacial score (nSPS) is 13.3. The quantitative estimate of drug-likeness (QED) is 0.579. The van der Waals surface area contributed by atoms with E-state index in [1.165, 1.54) is 11.8 Å². The molecule has 0 saturated heterocycles. The number of hydrogen-bond acceptors (Lipinski definition) is 6. The van der Waals surface area contributed by atoms with Crippen LogP contribution in [0.4, 0.5) is 4.79 Å². The molecule has 4 rings (SSSR count). The molecule has 7 nitrogen and oxygen atoms in total. The van der Waals surface area contributed by atoms with Crippen molar-refractivity contribution in [2.24, 2.45) is 0 Å². The summed E-state index contributed by atoms with van der Waals surface area (Å²) in [5, 5.41) is 16.3. The van der Waals surface area contributed by atoms with Crippen LogP contribution in [-0.2, 0) is 11.3 Å². The number of hydrogen-bond donors (Lipinski definition) is 2. The van der Waals surface area contributed by atoms with E-state index in [0.717, 1.165) is 29.1 Å². The monoisotopic (exact) mass is 413 g/mol. The summed E-state index contributed by atoms with van der Waals surface area (Å²) in [6, 6.07) is 13.4. The standard InChI is InChI=1S/C19H19N5O2S2/c25-16(21-18(26)20-11-13-5-2-1-3-6-13)12-28-19-23-22-17(15-7-4-10-27-15)24(19)14-8-9-14/h1-7,10,14H,8-9,11-12H2,(H2,20,21,25,26). The van der Waals surface area contributed by atoms with Crippen LogP contribution in [-0.4, -0.2) is 32.5 Å². The molecule has 1 fully saturated rings. The van der Waals surface area contributed by atoms with Gasteiger partial charge in [0.15, 0.2) is 11.0 Å². The Kier molecular flexibility index (Phi) is 5.73. The lowest BCUT2D eigenvalue weighted by atomic mass is 10.2. The lowest BCUT2D eigenvalue weighted by Crippen LogP contribution is -2.40. The third-order valence-electron chi connectivity index (χ3n) is 4.20. The van der Waals surface area contributed by atoms with Crippen molar-refractivity contribution in [1.82, 2.24) is 25.4 Å². The molecule has 1 aliphatic carbocycles. The fourth-order valence-electron chi connectivity index (χ4n) is 2.73. The molecule has 1 aliphatic rings. The summed E-state index contributed by atoms with van der Waals surface area (Å²) in [7, 11) is 0. The lowest BCUT2D eigenvalue weighted by Gasteiger charge is -2.08. The van der Waals surface area contributed by atoms with E-state index in [9.17, 15) is 9.59 Å². The number of carbonyl (C=O) groups excluding carboxylic acids is 2. The van der Waals surface area contributed by atoms with Crippen LogP contribution >= 0.6 is 23.1 Å². The molecule has 1 aromatic carbocycles. The molecule has 3 amide bonds. The highest BCUT2D eigenvalue weighted by Crippen LogP contribution is 2.41. The van der Waals surface area contributed by atoms with Gasteiger partial charge in [0.2, 0.25) is 5.91 Å². The minimum Gasteiger partial charge on any atom is -0.334 e. The first kappa shape index (κ1) is 18.7. The minimum absolute atomic E-state index is 0.105.